The Balaban J connectivity index is 3.98. The second-order valence-electron chi connectivity index (χ2n) is 4.71. The first kappa shape index (κ1) is 15.8. The summed E-state index contributed by atoms with van der Waals surface area (Å²) in [4.78, 5) is 11.4. The minimum Gasteiger partial charge on any atom is -0.368 e. The van der Waals surface area contributed by atoms with Crippen LogP contribution < -0.4 is 11.1 Å². The lowest BCUT2D eigenvalue weighted by Gasteiger charge is -2.29. The Hall–Kier alpha value is -0.220. The average Bonchev–Trinajstić information content (AvgIpc) is 2.16. The Kier molecular flexibility index (Phi) is 7.85. The summed E-state index contributed by atoms with van der Waals surface area (Å²) in [5.74, 6) is 2.06. The lowest BCUT2D eigenvalue weighted by Crippen LogP contribution is -2.55. The van der Waals surface area contributed by atoms with Gasteiger partial charge in [0.15, 0.2) is 0 Å². The summed E-state index contributed by atoms with van der Waals surface area (Å²) >= 11 is 1.94. The largest absolute Gasteiger partial charge is 0.368 e. The summed E-state index contributed by atoms with van der Waals surface area (Å²) in [5.41, 5.74) is 4.90. The number of hydrogen-bond acceptors (Lipinski definition) is 3. The Morgan fingerprint density at radius 2 is 2.06 bits per heavy atom. The molecule has 0 aromatic carbocycles. The van der Waals surface area contributed by atoms with E-state index in [1.54, 1.807) is 0 Å². The molecule has 0 rings (SSSR count). The first-order valence-electron chi connectivity index (χ1n) is 6.07. The Morgan fingerprint density at radius 1 is 1.44 bits per heavy atom. The van der Waals surface area contributed by atoms with Crippen LogP contribution in [-0.2, 0) is 4.79 Å². The van der Waals surface area contributed by atoms with Crippen LogP contribution in [0.5, 0.6) is 0 Å². The van der Waals surface area contributed by atoms with Crippen LogP contribution in [0.3, 0.4) is 0 Å². The molecule has 3 N–H and O–H groups in total. The summed E-state index contributed by atoms with van der Waals surface area (Å²) in [6.45, 7) is 8.15. The van der Waals surface area contributed by atoms with Gasteiger partial charge in [0.1, 0.15) is 0 Å². The Morgan fingerprint density at radius 3 is 2.50 bits per heavy atom. The fourth-order valence-electron chi connectivity index (χ4n) is 1.68. The van der Waals surface area contributed by atoms with E-state index in [4.69, 9.17) is 5.73 Å². The van der Waals surface area contributed by atoms with E-state index in [0.717, 1.165) is 18.6 Å². The van der Waals surface area contributed by atoms with Crippen molar-refractivity contribution in [3.8, 4) is 0 Å². The van der Waals surface area contributed by atoms with Crippen molar-refractivity contribution in [1.82, 2.24) is 5.32 Å². The van der Waals surface area contributed by atoms with Crippen molar-refractivity contribution in [2.75, 3.05) is 11.5 Å². The van der Waals surface area contributed by atoms with E-state index in [1.165, 1.54) is 12.2 Å². The zero-order chi connectivity index (χ0) is 12.6. The quantitative estimate of drug-likeness (QED) is 0.613. The number of hydrogen-bond donors (Lipinski definition) is 2. The SMILES string of the molecule is CCCSCCCC(C)(NC(C)C)C(N)=O. The van der Waals surface area contributed by atoms with Crippen LogP contribution in [-0.4, -0.2) is 29.0 Å². The second-order valence-corrected chi connectivity index (χ2v) is 5.94. The topological polar surface area (TPSA) is 55.1 Å². The zero-order valence-corrected chi connectivity index (χ0v) is 11.8. The van der Waals surface area contributed by atoms with E-state index in [-0.39, 0.29) is 11.9 Å². The van der Waals surface area contributed by atoms with Gasteiger partial charge in [-0.15, -0.1) is 0 Å². The Labute approximate surface area is 104 Å². The van der Waals surface area contributed by atoms with Gasteiger partial charge in [0, 0.05) is 6.04 Å². The molecule has 0 spiro atoms. The summed E-state index contributed by atoms with van der Waals surface area (Å²) in [7, 11) is 0. The van der Waals surface area contributed by atoms with Crippen LogP contribution in [0, 0.1) is 0 Å². The highest BCUT2D eigenvalue weighted by atomic mass is 32.2. The van der Waals surface area contributed by atoms with E-state index >= 15 is 0 Å². The highest BCUT2D eigenvalue weighted by molar-refractivity contribution is 7.99. The minimum absolute atomic E-state index is 0.248. The fraction of sp³-hybridized carbons (Fsp3) is 0.917. The van der Waals surface area contributed by atoms with Crippen molar-refractivity contribution in [2.45, 2.75) is 58.5 Å². The molecular formula is C12H26N2OS. The maximum atomic E-state index is 11.4. The molecule has 96 valence electrons. The van der Waals surface area contributed by atoms with Gasteiger partial charge in [-0.2, -0.15) is 11.8 Å². The summed E-state index contributed by atoms with van der Waals surface area (Å²) in [5, 5.41) is 3.26. The van der Waals surface area contributed by atoms with Gasteiger partial charge >= 0.3 is 0 Å². The molecule has 1 atom stereocenters. The minimum atomic E-state index is -0.555. The van der Waals surface area contributed by atoms with E-state index in [9.17, 15) is 4.79 Å². The number of thioether (sulfide) groups is 1. The first-order valence-corrected chi connectivity index (χ1v) is 7.23. The van der Waals surface area contributed by atoms with Crippen LogP contribution in [0.25, 0.3) is 0 Å². The summed E-state index contributed by atoms with van der Waals surface area (Å²) in [6.07, 6.45) is 3.06. The molecule has 1 unspecified atom stereocenters. The second kappa shape index (κ2) is 7.96. The van der Waals surface area contributed by atoms with Gasteiger partial charge < -0.3 is 11.1 Å². The molecule has 0 aromatic heterocycles. The highest BCUT2D eigenvalue weighted by Crippen LogP contribution is 2.16. The number of nitrogens with one attached hydrogen (secondary N) is 1. The molecule has 0 saturated heterocycles. The molecule has 0 aromatic rings. The molecule has 4 heteroatoms. The van der Waals surface area contributed by atoms with Crippen LogP contribution >= 0.6 is 11.8 Å². The molecule has 0 radical (unpaired) electrons. The standard InChI is InChI=1S/C12H26N2OS/c1-5-8-16-9-6-7-12(4,11(13)15)14-10(2)3/h10,14H,5-9H2,1-4H3,(H2,13,15). The first-order chi connectivity index (χ1) is 7.42. The number of carbonyl (C=O) groups is 1. The summed E-state index contributed by atoms with van der Waals surface area (Å²) in [6, 6.07) is 0.279. The molecule has 0 aliphatic rings. The monoisotopic (exact) mass is 246 g/mol. The van der Waals surface area contributed by atoms with Gasteiger partial charge in [-0.05, 0) is 51.5 Å². The number of rotatable bonds is 9. The van der Waals surface area contributed by atoms with E-state index in [0.29, 0.717) is 0 Å². The third-order valence-electron chi connectivity index (χ3n) is 2.46. The predicted octanol–water partition coefficient (Wildman–Crippen LogP) is 2.15. The maximum absolute atomic E-state index is 11.4. The number of amides is 1. The molecule has 0 saturated carbocycles. The van der Waals surface area contributed by atoms with Gasteiger partial charge in [-0.25, -0.2) is 0 Å². The van der Waals surface area contributed by atoms with E-state index in [1.807, 2.05) is 32.5 Å². The highest BCUT2D eigenvalue weighted by Gasteiger charge is 2.30. The van der Waals surface area contributed by atoms with Gasteiger partial charge in [0.05, 0.1) is 5.54 Å². The predicted molar refractivity (Wildman–Crippen MR) is 72.7 cm³/mol. The maximum Gasteiger partial charge on any atom is 0.237 e. The van der Waals surface area contributed by atoms with Gasteiger partial charge in [0.25, 0.3) is 0 Å². The summed E-state index contributed by atoms with van der Waals surface area (Å²) < 4.78 is 0. The van der Waals surface area contributed by atoms with Crippen molar-refractivity contribution < 1.29 is 4.79 Å². The zero-order valence-electron chi connectivity index (χ0n) is 11.0. The normalized spacial score (nSPS) is 15.1. The molecule has 0 aliphatic carbocycles. The third-order valence-corrected chi connectivity index (χ3v) is 3.74. The van der Waals surface area contributed by atoms with Crippen LogP contribution in [0.15, 0.2) is 0 Å². The third kappa shape index (κ3) is 6.38. The molecule has 1 amide bonds. The molecule has 0 fully saturated rings. The van der Waals surface area contributed by atoms with Crippen molar-refractivity contribution in [2.24, 2.45) is 5.73 Å². The van der Waals surface area contributed by atoms with Crippen molar-refractivity contribution in [3.63, 3.8) is 0 Å². The smallest absolute Gasteiger partial charge is 0.237 e. The van der Waals surface area contributed by atoms with Gasteiger partial charge in [-0.1, -0.05) is 6.92 Å². The lowest BCUT2D eigenvalue weighted by atomic mass is 9.94. The molecule has 3 nitrogen and oxygen atoms in total. The van der Waals surface area contributed by atoms with Crippen LogP contribution in [0.1, 0.15) is 47.0 Å². The lowest BCUT2D eigenvalue weighted by molar-refractivity contribution is -0.124. The van der Waals surface area contributed by atoms with Crippen molar-refractivity contribution in [3.05, 3.63) is 0 Å². The average molecular weight is 246 g/mol. The van der Waals surface area contributed by atoms with Crippen molar-refractivity contribution in [1.29, 1.82) is 0 Å². The molecular weight excluding hydrogens is 220 g/mol. The van der Waals surface area contributed by atoms with Crippen LogP contribution in [0.4, 0.5) is 0 Å². The molecule has 16 heavy (non-hydrogen) atoms. The number of nitrogens with two attached hydrogens (primary N) is 1. The van der Waals surface area contributed by atoms with E-state index < -0.39 is 5.54 Å². The van der Waals surface area contributed by atoms with Crippen LogP contribution in [0.2, 0.25) is 0 Å². The number of primary amides is 1. The molecule has 0 aliphatic heterocycles. The number of carbonyl (C=O) groups excluding carboxylic acids is 1. The van der Waals surface area contributed by atoms with Gasteiger partial charge in [0.2, 0.25) is 5.91 Å². The molecule has 0 bridgehead atoms. The fourth-order valence-corrected chi connectivity index (χ4v) is 2.52. The van der Waals surface area contributed by atoms with Gasteiger partial charge in [-0.3, -0.25) is 4.79 Å². The van der Waals surface area contributed by atoms with Crippen molar-refractivity contribution >= 4 is 17.7 Å². The van der Waals surface area contributed by atoms with E-state index in [2.05, 4.69) is 12.2 Å². The molecule has 0 heterocycles. The Bertz CT molecular complexity index is 209.